The van der Waals surface area contributed by atoms with E-state index < -0.39 is 47.2 Å². The Hall–Kier alpha value is -5.51. The molecule has 5 heterocycles. The number of alkyl halides is 1. The number of carbonyl (C=O) groups excluding carboxylic acids is 5. The van der Waals surface area contributed by atoms with Gasteiger partial charge in [-0.05, 0) is 90.8 Å². The van der Waals surface area contributed by atoms with Gasteiger partial charge in [0.2, 0.25) is 17.7 Å². The largest absolute Gasteiger partial charge is 0.508 e. The van der Waals surface area contributed by atoms with Crippen molar-refractivity contribution >= 4 is 52.1 Å². The number of amides is 4. The van der Waals surface area contributed by atoms with E-state index in [2.05, 4.69) is 54.3 Å². The van der Waals surface area contributed by atoms with E-state index in [0.29, 0.717) is 43.5 Å². The van der Waals surface area contributed by atoms with Crippen LogP contribution in [0.1, 0.15) is 64.3 Å². The fraction of sp³-hybridized carbons (Fsp3) is 0.500. The van der Waals surface area contributed by atoms with Gasteiger partial charge in [0.25, 0.3) is 5.91 Å². The average Bonchev–Trinajstić information content (AvgIpc) is 3.55. The number of rotatable bonds is 10. The number of phenolic OH excluding ortho intramolecular Hbond substituents is 1. The smallest absolute Gasteiger partial charge is 0.324 e. The number of halogens is 1. The number of methoxy groups -OCH3 is 1. The van der Waals surface area contributed by atoms with Crippen LogP contribution in [-0.4, -0.2) is 123 Å². The van der Waals surface area contributed by atoms with Gasteiger partial charge in [0, 0.05) is 74.8 Å². The second-order valence-electron chi connectivity index (χ2n) is 18.4. The summed E-state index contributed by atoms with van der Waals surface area (Å²) in [5, 5.41) is 16.6. The van der Waals surface area contributed by atoms with Crippen molar-refractivity contribution in [2.24, 2.45) is 17.3 Å². The first-order chi connectivity index (χ1) is 30.5. The highest BCUT2D eigenvalue weighted by atomic mass is 35.5. The monoisotopic (exact) mass is 897 g/mol. The number of carbonyl (C=O) groups is 5. The second kappa shape index (κ2) is 19.3. The molecule has 3 aliphatic heterocycles. The Bertz CT molecular complexity index is 2430. The number of hydrazine groups is 1. The van der Waals surface area contributed by atoms with Crippen molar-refractivity contribution in [1.29, 1.82) is 0 Å². The number of fused-ring (bicyclic) bond motifs is 6. The number of phenols is 1. The third kappa shape index (κ3) is 9.62. The molecule has 16 heteroatoms. The molecule has 2 aromatic heterocycles. The first-order valence-electron chi connectivity index (χ1n) is 22.1. The SMILES string of the molecule is CCn1c(-c2cccnc2COC)c2c3cc(ccc31)-c1cc(O)cc(c1)C[C@H](NC(=O)[C@H](C(C)C)N(C)C(=O)C1CN(C(=O)CCl)C1)C(=O)N1CCC[C@H](N1)C(=O)OCC(C)(C)C2. The number of cyclic esters (lactones) is 1. The normalized spacial score (nSPS) is 19.8. The Labute approximate surface area is 379 Å². The molecule has 15 nitrogen and oxygen atoms in total. The molecule has 0 radical (unpaired) electrons. The molecule has 0 saturated carbocycles. The van der Waals surface area contributed by atoms with Crippen molar-refractivity contribution < 1.29 is 38.6 Å². The van der Waals surface area contributed by atoms with Crippen LogP contribution in [0, 0.1) is 17.3 Å². The number of hydrogen-bond donors (Lipinski definition) is 3. The van der Waals surface area contributed by atoms with Gasteiger partial charge in [0.15, 0.2) is 0 Å². The Morgan fingerprint density at radius 2 is 1.88 bits per heavy atom. The van der Waals surface area contributed by atoms with E-state index in [-0.39, 0.29) is 62.0 Å². The van der Waals surface area contributed by atoms with E-state index in [0.717, 1.165) is 39.0 Å². The number of pyridine rings is 1. The third-order valence-electron chi connectivity index (χ3n) is 12.6. The molecular weight excluding hydrogens is 838 g/mol. The zero-order valence-electron chi connectivity index (χ0n) is 37.8. The molecule has 4 amide bonds. The topological polar surface area (TPSA) is 176 Å². The maximum atomic E-state index is 14.6. The van der Waals surface area contributed by atoms with Crippen LogP contribution < -0.4 is 10.7 Å². The summed E-state index contributed by atoms with van der Waals surface area (Å²) in [6, 6.07) is 12.4. The predicted molar refractivity (Wildman–Crippen MR) is 243 cm³/mol. The molecule has 3 aliphatic rings. The number of esters is 1. The maximum Gasteiger partial charge on any atom is 0.324 e. The first kappa shape index (κ1) is 46.5. The van der Waals surface area contributed by atoms with E-state index in [9.17, 15) is 29.1 Å². The Morgan fingerprint density at radius 3 is 2.58 bits per heavy atom. The van der Waals surface area contributed by atoms with Gasteiger partial charge >= 0.3 is 5.97 Å². The van der Waals surface area contributed by atoms with Crippen LogP contribution in [0.2, 0.25) is 0 Å². The lowest BCUT2D eigenvalue weighted by Gasteiger charge is -2.42. The molecule has 2 fully saturated rings. The Kier molecular flexibility index (Phi) is 14.0. The minimum Gasteiger partial charge on any atom is -0.508 e. The fourth-order valence-electron chi connectivity index (χ4n) is 9.45. The zero-order valence-corrected chi connectivity index (χ0v) is 38.5. The predicted octanol–water partition coefficient (Wildman–Crippen LogP) is 5.07. The van der Waals surface area contributed by atoms with Gasteiger partial charge in [0.1, 0.15) is 29.8 Å². The molecule has 2 saturated heterocycles. The van der Waals surface area contributed by atoms with Crippen LogP contribution >= 0.6 is 11.6 Å². The van der Waals surface area contributed by atoms with Crippen molar-refractivity contribution in [2.45, 2.75) is 91.6 Å². The highest BCUT2D eigenvalue weighted by Crippen LogP contribution is 2.41. The lowest BCUT2D eigenvalue weighted by atomic mass is 9.84. The van der Waals surface area contributed by atoms with Gasteiger partial charge in [-0.3, -0.25) is 34.0 Å². The number of nitrogens with zero attached hydrogens (tertiary/aromatic N) is 5. The van der Waals surface area contributed by atoms with Crippen molar-refractivity contribution in [2.75, 3.05) is 46.3 Å². The van der Waals surface area contributed by atoms with Crippen molar-refractivity contribution in [3.05, 3.63) is 71.5 Å². The van der Waals surface area contributed by atoms with Gasteiger partial charge < -0.3 is 34.3 Å². The zero-order chi connectivity index (χ0) is 46.0. The summed E-state index contributed by atoms with van der Waals surface area (Å²) < 4.78 is 13.9. The molecule has 6 bridgehead atoms. The highest BCUT2D eigenvalue weighted by molar-refractivity contribution is 6.27. The first-order valence-corrected chi connectivity index (χ1v) is 22.6. The summed E-state index contributed by atoms with van der Waals surface area (Å²) in [7, 11) is 3.21. The number of aromatic hydroxyl groups is 1. The quantitative estimate of drug-likeness (QED) is 0.144. The van der Waals surface area contributed by atoms with Gasteiger partial charge in [-0.2, -0.15) is 0 Å². The fourth-order valence-corrected chi connectivity index (χ4v) is 9.62. The maximum absolute atomic E-state index is 14.6. The number of likely N-dealkylation sites (N-methyl/N-ethyl adjacent to an activating group) is 1. The number of benzene rings is 2. The number of hydrogen-bond acceptors (Lipinski definition) is 10. The summed E-state index contributed by atoms with van der Waals surface area (Å²) in [5.74, 6) is -3.08. The molecule has 342 valence electrons. The van der Waals surface area contributed by atoms with E-state index in [1.807, 2.05) is 32.0 Å². The van der Waals surface area contributed by atoms with E-state index in [1.54, 1.807) is 32.5 Å². The molecule has 0 unspecified atom stereocenters. The lowest BCUT2D eigenvalue weighted by Crippen LogP contribution is -2.63. The molecule has 0 spiro atoms. The molecule has 7 rings (SSSR count). The van der Waals surface area contributed by atoms with Crippen LogP contribution in [0.25, 0.3) is 33.3 Å². The number of likely N-dealkylation sites (tertiary alicyclic amines) is 1. The summed E-state index contributed by atoms with van der Waals surface area (Å²) in [6.07, 6.45) is 3.24. The van der Waals surface area contributed by atoms with Crippen LogP contribution in [0.5, 0.6) is 5.75 Å². The van der Waals surface area contributed by atoms with Crippen LogP contribution in [0.15, 0.2) is 54.7 Å². The van der Waals surface area contributed by atoms with E-state index >= 15 is 0 Å². The van der Waals surface area contributed by atoms with Crippen LogP contribution in [0.4, 0.5) is 0 Å². The average molecular weight is 899 g/mol. The second-order valence-corrected chi connectivity index (χ2v) is 18.7. The molecule has 0 aliphatic carbocycles. The molecule has 3 atom stereocenters. The van der Waals surface area contributed by atoms with E-state index in [4.69, 9.17) is 26.1 Å². The molecule has 64 heavy (non-hydrogen) atoms. The number of nitrogens with one attached hydrogen (secondary N) is 2. The highest BCUT2D eigenvalue weighted by Gasteiger charge is 2.42. The van der Waals surface area contributed by atoms with Crippen molar-refractivity contribution in [3.63, 3.8) is 0 Å². The summed E-state index contributed by atoms with van der Waals surface area (Å²) >= 11 is 5.72. The number of ether oxygens (including phenoxy) is 2. The standard InChI is InChI=1S/C48H60ClN7O8/c1-8-55-40-14-13-30-21-35(40)36(43(55)34-11-9-15-50-39(34)26-63-7)22-48(4,5)27-64-47(62)37-12-10-16-56(52-37)46(61)38(19-29-17-31(30)20-33(57)18-29)51-44(59)42(28(2)3)53(6)45(60)32-24-54(25-32)41(58)23-49/h9,11,13-15,17-18,20-21,28,32,37-38,42,52,57H,8,10,12,16,19,22-27H2,1-7H3,(H,51,59)/t37-,38-,42-/m0/s1. The van der Waals surface area contributed by atoms with Crippen LogP contribution in [0.3, 0.4) is 0 Å². The molecule has 2 aromatic carbocycles. The third-order valence-corrected chi connectivity index (χ3v) is 12.9. The molecule has 3 N–H and O–H groups in total. The number of aromatic nitrogens is 2. The van der Waals surface area contributed by atoms with Gasteiger partial charge in [0.05, 0.1) is 30.5 Å². The lowest BCUT2D eigenvalue weighted by molar-refractivity contribution is -0.155. The van der Waals surface area contributed by atoms with Crippen molar-refractivity contribution in [3.8, 4) is 28.1 Å². The minimum absolute atomic E-state index is 0.0127. The van der Waals surface area contributed by atoms with Gasteiger partial charge in [-0.15, -0.1) is 11.6 Å². The van der Waals surface area contributed by atoms with Gasteiger partial charge in [-0.1, -0.05) is 39.8 Å². The molecular formula is C48H60ClN7O8. The van der Waals surface area contributed by atoms with E-state index in [1.165, 1.54) is 14.8 Å². The molecule has 4 aromatic rings. The summed E-state index contributed by atoms with van der Waals surface area (Å²) in [6.45, 7) is 11.7. The Morgan fingerprint density at radius 1 is 1.11 bits per heavy atom. The van der Waals surface area contributed by atoms with Crippen molar-refractivity contribution in [1.82, 2.24) is 35.1 Å². The van der Waals surface area contributed by atoms with Gasteiger partial charge in [-0.25, -0.2) is 5.43 Å². The van der Waals surface area contributed by atoms with Crippen LogP contribution in [-0.2, 0) is 59.4 Å². The minimum atomic E-state index is -1.16. The number of aryl methyl sites for hydroxylation is 1. The Balaban J connectivity index is 1.30. The summed E-state index contributed by atoms with van der Waals surface area (Å²) in [5.41, 5.74) is 9.51. The summed E-state index contributed by atoms with van der Waals surface area (Å²) in [4.78, 5) is 76.2.